The van der Waals surface area contributed by atoms with E-state index in [1.807, 2.05) is 23.4 Å². The van der Waals surface area contributed by atoms with Gasteiger partial charge in [0, 0.05) is 12.7 Å². The van der Waals surface area contributed by atoms with Gasteiger partial charge in [0.15, 0.2) is 5.16 Å². The molecule has 2 N–H and O–H groups in total. The zero-order valence-corrected chi connectivity index (χ0v) is 19.8. The molecule has 0 aliphatic carbocycles. The van der Waals surface area contributed by atoms with Crippen molar-refractivity contribution in [1.29, 1.82) is 0 Å². The quantitative estimate of drug-likeness (QED) is 0.401. The molecule has 8 heteroatoms. The van der Waals surface area contributed by atoms with E-state index in [9.17, 15) is 4.79 Å². The molecule has 0 bridgehead atoms. The van der Waals surface area contributed by atoms with Gasteiger partial charge in [0.2, 0.25) is 5.91 Å². The highest BCUT2D eigenvalue weighted by Crippen LogP contribution is 2.33. The Kier molecular flexibility index (Phi) is 6.79. The number of anilines is 1. The van der Waals surface area contributed by atoms with Crippen LogP contribution in [0.3, 0.4) is 0 Å². The maximum atomic E-state index is 13.6. The summed E-state index contributed by atoms with van der Waals surface area (Å²) in [7, 11) is 0. The molecule has 168 valence electrons. The van der Waals surface area contributed by atoms with Crippen molar-refractivity contribution in [3.8, 4) is 11.3 Å². The van der Waals surface area contributed by atoms with Crippen molar-refractivity contribution in [2.75, 3.05) is 18.1 Å². The minimum atomic E-state index is -0.369. The molecule has 0 saturated carbocycles. The molecule has 32 heavy (non-hydrogen) atoms. The van der Waals surface area contributed by atoms with Crippen LogP contribution in [0, 0.1) is 12.8 Å². The van der Waals surface area contributed by atoms with Crippen molar-refractivity contribution in [3.63, 3.8) is 0 Å². The summed E-state index contributed by atoms with van der Waals surface area (Å²) in [6.07, 6.45) is 7.39. The second-order valence-electron chi connectivity index (χ2n) is 8.53. The van der Waals surface area contributed by atoms with E-state index in [0.717, 1.165) is 36.5 Å². The van der Waals surface area contributed by atoms with E-state index in [0.29, 0.717) is 11.0 Å². The Morgan fingerprint density at radius 2 is 2.00 bits per heavy atom. The standard InChI is InChI=1S/C24H30N6OS/c1-15(2)21(28-20-11-12-25-24(29-20)32-4)23(31)30-13-5-6-19(30)22-26-14-18(27-22)17-9-7-16(3)8-10-17/h7-12,14-15,19,21H,5-6,13H2,1-4H3,(H,26,27)(H,25,28,29)/t19-,21-/m0/s1. The Morgan fingerprint density at radius 1 is 1.22 bits per heavy atom. The summed E-state index contributed by atoms with van der Waals surface area (Å²) in [4.78, 5) is 32.4. The number of nitrogens with zero attached hydrogens (tertiary/aromatic N) is 4. The van der Waals surface area contributed by atoms with Crippen molar-refractivity contribution >= 4 is 23.5 Å². The number of amides is 1. The number of benzene rings is 1. The minimum Gasteiger partial charge on any atom is -0.358 e. The number of imidazole rings is 1. The fourth-order valence-electron chi connectivity index (χ4n) is 4.07. The van der Waals surface area contributed by atoms with E-state index in [-0.39, 0.29) is 23.9 Å². The number of nitrogens with one attached hydrogen (secondary N) is 2. The van der Waals surface area contributed by atoms with Crippen molar-refractivity contribution < 1.29 is 4.79 Å². The SMILES string of the molecule is CSc1nccc(N[C@H](C(=O)N2CCC[C@H]2c2ncc(-c3ccc(C)cc3)[nH]2)C(C)C)n1. The molecule has 7 nitrogen and oxygen atoms in total. The predicted molar refractivity (Wildman–Crippen MR) is 129 cm³/mol. The van der Waals surface area contributed by atoms with E-state index in [1.54, 1.807) is 6.20 Å². The van der Waals surface area contributed by atoms with Crippen molar-refractivity contribution in [1.82, 2.24) is 24.8 Å². The number of aryl methyl sites for hydroxylation is 1. The second kappa shape index (κ2) is 9.73. The van der Waals surface area contributed by atoms with Crippen LogP contribution in [-0.2, 0) is 4.79 Å². The van der Waals surface area contributed by atoms with Gasteiger partial charge in [-0.3, -0.25) is 4.79 Å². The molecule has 0 radical (unpaired) electrons. The summed E-state index contributed by atoms with van der Waals surface area (Å²) >= 11 is 1.48. The molecular formula is C24H30N6OS. The van der Waals surface area contributed by atoms with Crippen LogP contribution in [0.2, 0.25) is 0 Å². The molecular weight excluding hydrogens is 420 g/mol. The molecule has 1 saturated heterocycles. The lowest BCUT2D eigenvalue weighted by Crippen LogP contribution is -2.45. The molecule has 0 spiro atoms. The Bertz CT molecular complexity index is 1060. The number of aromatic nitrogens is 4. The van der Waals surface area contributed by atoms with Gasteiger partial charge in [-0.15, -0.1) is 0 Å². The Labute approximate surface area is 193 Å². The number of aromatic amines is 1. The molecule has 2 aromatic heterocycles. The largest absolute Gasteiger partial charge is 0.358 e. The van der Waals surface area contributed by atoms with Gasteiger partial charge in [-0.05, 0) is 43.6 Å². The van der Waals surface area contributed by atoms with Crippen LogP contribution in [0.1, 0.15) is 44.1 Å². The first kappa shape index (κ1) is 22.3. The molecule has 4 rings (SSSR count). The lowest BCUT2D eigenvalue weighted by atomic mass is 10.0. The number of likely N-dealkylation sites (tertiary alicyclic amines) is 1. The fourth-order valence-corrected chi connectivity index (χ4v) is 4.43. The molecule has 1 amide bonds. The summed E-state index contributed by atoms with van der Waals surface area (Å²) in [6.45, 7) is 6.92. The third kappa shape index (κ3) is 4.80. The maximum absolute atomic E-state index is 13.6. The number of H-pyrrole nitrogens is 1. The molecule has 0 unspecified atom stereocenters. The first-order chi connectivity index (χ1) is 15.5. The highest BCUT2D eigenvalue weighted by molar-refractivity contribution is 7.98. The van der Waals surface area contributed by atoms with E-state index >= 15 is 0 Å². The van der Waals surface area contributed by atoms with Crippen molar-refractivity contribution in [2.45, 2.75) is 50.9 Å². The number of carbonyl (C=O) groups excluding carboxylic acids is 1. The average Bonchev–Trinajstić information content (AvgIpc) is 3.47. The summed E-state index contributed by atoms with van der Waals surface area (Å²) in [5, 5.41) is 4.04. The number of hydrogen-bond acceptors (Lipinski definition) is 6. The Hall–Kier alpha value is -2.87. The molecule has 1 aliphatic heterocycles. The van der Waals surface area contributed by atoms with Gasteiger partial charge in [-0.1, -0.05) is 55.4 Å². The first-order valence-electron chi connectivity index (χ1n) is 11.0. The maximum Gasteiger partial charge on any atom is 0.245 e. The predicted octanol–water partition coefficient (Wildman–Crippen LogP) is 4.70. The van der Waals surface area contributed by atoms with Crippen LogP contribution >= 0.6 is 11.8 Å². The van der Waals surface area contributed by atoms with Crippen LogP contribution < -0.4 is 5.32 Å². The van der Waals surface area contributed by atoms with Crippen LogP contribution in [0.15, 0.2) is 47.9 Å². The number of carbonyl (C=O) groups is 1. The summed E-state index contributed by atoms with van der Waals surface area (Å²) < 4.78 is 0. The minimum absolute atomic E-state index is 0.0445. The van der Waals surface area contributed by atoms with Crippen LogP contribution in [0.4, 0.5) is 5.82 Å². The number of rotatable bonds is 7. The van der Waals surface area contributed by atoms with E-state index in [1.165, 1.54) is 17.3 Å². The van der Waals surface area contributed by atoms with Gasteiger partial charge in [0.1, 0.15) is 17.7 Å². The van der Waals surface area contributed by atoms with Gasteiger partial charge in [0.05, 0.1) is 17.9 Å². The normalized spacial score (nSPS) is 17.0. The third-order valence-corrected chi connectivity index (χ3v) is 6.42. The number of thioether (sulfide) groups is 1. The molecule has 3 aromatic rings. The second-order valence-corrected chi connectivity index (χ2v) is 9.31. The Balaban J connectivity index is 1.53. The molecule has 1 aliphatic rings. The molecule has 1 fully saturated rings. The summed E-state index contributed by atoms with van der Waals surface area (Å²) in [5.74, 6) is 1.71. The highest BCUT2D eigenvalue weighted by atomic mass is 32.2. The number of hydrogen-bond donors (Lipinski definition) is 2. The topological polar surface area (TPSA) is 86.8 Å². The van der Waals surface area contributed by atoms with Gasteiger partial charge in [-0.25, -0.2) is 15.0 Å². The highest BCUT2D eigenvalue weighted by Gasteiger charge is 2.36. The molecule has 2 atom stereocenters. The van der Waals surface area contributed by atoms with E-state index in [2.05, 4.69) is 70.3 Å². The fraction of sp³-hybridized carbons (Fsp3) is 0.417. The van der Waals surface area contributed by atoms with Crippen LogP contribution in [0.5, 0.6) is 0 Å². The molecule has 3 heterocycles. The van der Waals surface area contributed by atoms with E-state index in [4.69, 9.17) is 0 Å². The smallest absolute Gasteiger partial charge is 0.245 e. The zero-order chi connectivity index (χ0) is 22.7. The molecule has 1 aromatic carbocycles. The van der Waals surface area contributed by atoms with Gasteiger partial charge in [0.25, 0.3) is 0 Å². The Morgan fingerprint density at radius 3 is 2.72 bits per heavy atom. The van der Waals surface area contributed by atoms with Crippen LogP contribution in [-0.4, -0.2) is 49.6 Å². The zero-order valence-electron chi connectivity index (χ0n) is 19.0. The third-order valence-electron chi connectivity index (χ3n) is 5.86. The lowest BCUT2D eigenvalue weighted by molar-refractivity contribution is -0.134. The summed E-state index contributed by atoms with van der Waals surface area (Å²) in [6, 6.07) is 9.76. The lowest BCUT2D eigenvalue weighted by Gasteiger charge is -2.30. The van der Waals surface area contributed by atoms with Crippen molar-refractivity contribution in [2.24, 2.45) is 5.92 Å². The monoisotopic (exact) mass is 450 g/mol. The van der Waals surface area contributed by atoms with Gasteiger partial charge >= 0.3 is 0 Å². The summed E-state index contributed by atoms with van der Waals surface area (Å²) in [5.41, 5.74) is 3.30. The van der Waals surface area contributed by atoms with Gasteiger partial charge < -0.3 is 15.2 Å². The van der Waals surface area contributed by atoms with Crippen molar-refractivity contribution in [3.05, 3.63) is 54.1 Å². The van der Waals surface area contributed by atoms with Gasteiger partial charge in [-0.2, -0.15) is 0 Å². The first-order valence-corrected chi connectivity index (χ1v) is 12.2. The average molecular weight is 451 g/mol. The van der Waals surface area contributed by atoms with E-state index < -0.39 is 0 Å². The van der Waals surface area contributed by atoms with Crippen LogP contribution in [0.25, 0.3) is 11.3 Å².